The van der Waals surface area contributed by atoms with E-state index in [1.54, 1.807) is 4.68 Å². The van der Waals surface area contributed by atoms with Crippen LogP contribution < -0.4 is 4.74 Å². The highest BCUT2D eigenvalue weighted by molar-refractivity contribution is 6.31. The van der Waals surface area contributed by atoms with Gasteiger partial charge in [-0.2, -0.15) is 5.10 Å². The molecule has 21 heavy (non-hydrogen) atoms. The third-order valence-corrected chi connectivity index (χ3v) is 4.54. The van der Waals surface area contributed by atoms with Gasteiger partial charge in [0.2, 0.25) is 0 Å². The average molecular weight is 307 g/mol. The Morgan fingerprint density at radius 3 is 2.95 bits per heavy atom. The van der Waals surface area contributed by atoms with Crippen LogP contribution in [0.3, 0.4) is 0 Å². The molecule has 0 spiro atoms. The number of aromatic nitrogens is 2. The summed E-state index contributed by atoms with van der Waals surface area (Å²) in [6.45, 7) is 2.53. The number of benzene rings is 1. The quantitative estimate of drug-likeness (QED) is 0.945. The number of fused-ring (bicyclic) bond motifs is 1. The van der Waals surface area contributed by atoms with Crippen LogP contribution in [0.4, 0.5) is 0 Å². The van der Waals surface area contributed by atoms with Gasteiger partial charge in [0, 0.05) is 24.9 Å². The number of para-hydroxylation sites is 1. The summed E-state index contributed by atoms with van der Waals surface area (Å²) in [7, 11) is 1.87. The Morgan fingerprint density at radius 1 is 1.48 bits per heavy atom. The van der Waals surface area contributed by atoms with Gasteiger partial charge in [0.05, 0.1) is 29.1 Å². The van der Waals surface area contributed by atoms with E-state index in [-0.39, 0.29) is 5.92 Å². The number of hydrogen-bond acceptors (Lipinski definition) is 3. The standard InChI is InChI=1S/C16H19ClN2O2/c1-3-12-16(17)13(19(2)18-12)8-14(20)11-9-21-15-7-5-4-6-10(11)15/h4-7,11,14,20H,3,8-9H2,1-2H3. The van der Waals surface area contributed by atoms with E-state index in [4.69, 9.17) is 16.3 Å². The normalized spacial score (nSPS) is 18.4. The van der Waals surface area contributed by atoms with E-state index in [0.717, 1.165) is 29.1 Å². The lowest BCUT2D eigenvalue weighted by Gasteiger charge is -2.17. The van der Waals surface area contributed by atoms with Crippen molar-refractivity contribution in [2.75, 3.05) is 6.61 Å². The van der Waals surface area contributed by atoms with Crippen molar-refractivity contribution >= 4 is 11.6 Å². The maximum absolute atomic E-state index is 10.6. The van der Waals surface area contributed by atoms with Gasteiger partial charge in [-0.15, -0.1) is 0 Å². The first-order chi connectivity index (χ1) is 10.1. The molecule has 4 nitrogen and oxygen atoms in total. The summed E-state index contributed by atoms with van der Waals surface area (Å²) in [6, 6.07) is 7.87. The molecule has 3 rings (SSSR count). The lowest BCUT2D eigenvalue weighted by molar-refractivity contribution is 0.127. The zero-order valence-corrected chi connectivity index (χ0v) is 13.0. The Morgan fingerprint density at radius 2 is 2.24 bits per heavy atom. The number of aliphatic hydroxyl groups is 1. The van der Waals surface area contributed by atoms with E-state index < -0.39 is 6.10 Å². The summed E-state index contributed by atoms with van der Waals surface area (Å²) in [4.78, 5) is 0. The molecule has 1 aliphatic rings. The molecule has 1 N–H and O–H groups in total. The van der Waals surface area contributed by atoms with Gasteiger partial charge in [-0.3, -0.25) is 4.68 Å². The number of rotatable bonds is 4. The predicted octanol–water partition coefficient (Wildman–Crippen LogP) is 2.72. The van der Waals surface area contributed by atoms with E-state index in [0.29, 0.717) is 18.1 Å². The predicted molar refractivity (Wildman–Crippen MR) is 82.0 cm³/mol. The van der Waals surface area contributed by atoms with Gasteiger partial charge >= 0.3 is 0 Å². The number of nitrogens with zero attached hydrogens (tertiary/aromatic N) is 2. The summed E-state index contributed by atoms with van der Waals surface area (Å²) in [5, 5.41) is 15.7. The van der Waals surface area contributed by atoms with Gasteiger partial charge in [-0.05, 0) is 12.5 Å². The molecular weight excluding hydrogens is 288 g/mol. The molecule has 0 bridgehead atoms. The van der Waals surface area contributed by atoms with Crippen LogP contribution in [0.1, 0.15) is 29.8 Å². The highest BCUT2D eigenvalue weighted by atomic mass is 35.5. The molecular formula is C16H19ClN2O2. The van der Waals surface area contributed by atoms with E-state index >= 15 is 0 Å². The SMILES string of the molecule is CCc1nn(C)c(CC(O)C2COc3ccccc32)c1Cl. The van der Waals surface area contributed by atoms with E-state index in [1.165, 1.54) is 0 Å². The molecule has 0 aliphatic carbocycles. The van der Waals surface area contributed by atoms with E-state index in [2.05, 4.69) is 5.10 Å². The first-order valence-corrected chi connectivity index (χ1v) is 7.59. The summed E-state index contributed by atoms with van der Waals surface area (Å²) < 4.78 is 7.41. The third-order valence-electron chi connectivity index (χ3n) is 4.11. The van der Waals surface area contributed by atoms with Crippen molar-refractivity contribution < 1.29 is 9.84 Å². The Kier molecular flexibility index (Phi) is 3.91. The Balaban J connectivity index is 1.82. The fourth-order valence-electron chi connectivity index (χ4n) is 2.89. The molecule has 0 amide bonds. The topological polar surface area (TPSA) is 47.3 Å². The van der Waals surface area contributed by atoms with Gasteiger partial charge in [0.1, 0.15) is 5.75 Å². The fourth-order valence-corrected chi connectivity index (χ4v) is 3.26. The maximum atomic E-state index is 10.6. The van der Waals surface area contributed by atoms with Crippen LogP contribution in [0.5, 0.6) is 5.75 Å². The van der Waals surface area contributed by atoms with Crippen LogP contribution in [-0.4, -0.2) is 27.6 Å². The molecule has 0 radical (unpaired) electrons. The van der Waals surface area contributed by atoms with Crippen LogP contribution >= 0.6 is 11.6 Å². The molecule has 0 fully saturated rings. The Hall–Kier alpha value is -1.52. The van der Waals surface area contributed by atoms with Crippen molar-refractivity contribution in [2.45, 2.75) is 31.8 Å². The van der Waals surface area contributed by atoms with E-state index in [9.17, 15) is 5.11 Å². The van der Waals surface area contributed by atoms with Gasteiger partial charge in [-0.1, -0.05) is 36.7 Å². The first-order valence-electron chi connectivity index (χ1n) is 7.21. The molecule has 112 valence electrons. The number of aryl methyl sites for hydroxylation is 2. The lowest BCUT2D eigenvalue weighted by Crippen LogP contribution is -2.23. The van der Waals surface area contributed by atoms with Crippen molar-refractivity contribution in [3.8, 4) is 5.75 Å². The van der Waals surface area contributed by atoms with Crippen LogP contribution in [0.25, 0.3) is 0 Å². The number of aliphatic hydroxyl groups excluding tert-OH is 1. The smallest absolute Gasteiger partial charge is 0.123 e. The average Bonchev–Trinajstić information content (AvgIpc) is 3.03. The summed E-state index contributed by atoms with van der Waals surface area (Å²) in [5.41, 5.74) is 2.83. The second-order valence-electron chi connectivity index (χ2n) is 5.41. The molecule has 2 aromatic rings. The molecule has 2 atom stereocenters. The van der Waals surface area contributed by atoms with Crippen molar-refractivity contribution in [1.82, 2.24) is 9.78 Å². The van der Waals surface area contributed by atoms with Gasteiger partial charge < -0.3 is 9.84 Å². The highest BCUT2D eigenvalue weighted by Gasteiger charge is 2.31. The monoisotopic (exact) mass is 306 g/mol. The summed E-state index contributed by atoms with van der Waals surface area (Å²) in [6.07, 6.45) is 0.731. The largest absolute Gasteiger partial charge is 0.493 e. The second kappa shape index (κ2) is 5.70. The lowest BCUT2D eigenvalue weighted by atomic mass is 9.92. The Labute approximate surface area is 129 Å². The van der Waals surface area contributed by atoms with Crippen LogP contribution in [-0.2, 0) is 19.9 Å². The van der Waals surface area contributed by atoms with Crippen LogP contribution in [0.15, 0.2) is 24.3 Å². The molecule has 2 heterocycles. The molecule has 1 aromatic heterocycles. The van der Waals surface area contributed by atoms with Crippen molar-refractivity contribution in [1.29, 1.82) is 0 Å². The minimum atomic E-state index is -0.536. The zero-order chi connectivity index (χ0) is 15.0. The molecule has 0 saturated heterocycles. The van der Waals surface area contributed by atoms with E-state index in [1.807, 2.05) is 38.2 Å². The maximum Gasteiger partial charge on any atom is 0.123 e. The fraction of sp³-hybridized carbons (Fsp3) is 0.438. The number of hydrogen-bond donors (Lipinski definition) is 1. The minimum Gasteiger partial charge on any atom is -0.493 e. The second-order valence-corrected chi connectivity index (χ2v) is 5.79. The van der Waals surface area contributed by atoms with Crippen LogP contribution in [0, 0.1) is 0 Å². The zero-order valence-electron chi connectivity index (χ0n) is 12.2. The summed E-state index contributed by atoms with van der Waals surface area (Å²) >= 11 is 6.36. The molecule has 1 aromatic carbocycles. The van der Waals surface area contributed by atoms with Crippen molar-refractivity contribution in [3.05, 3.63) is 46.2 Å². The molecule has 0 saturated carbocycles. The third kappa shape index (κ3) is 2.54. The number of halogens is 1. The number of ether oxygens (including phenoxy) is 1. The molecule has 1 aliphatic heterocycles. The summed E-state index contributed by atoms with van der Waals surface area (Å²) in [5.74, 6) is 0.851. The van der Waals surface area contributed by atoms with Gasteiger partial charge in [-0.25, -0.2) is 0 Å². The van der Waals surface area contributed by atoms with Crippen molar-refractivity contribution in [3.63, 3.8) is 0 Å². The molecule has 2 unspecified atom stereocenters. The minimum absolute atomic E-state index is 0.0164. The van der Waals surface area contributed by atoms with Crippen molar-refractivity contribution in [2.24, 2.45) is 7.05 Å². The van der Waals surface area contributed by atoms with Crippen LogP contribution in [0.2, 0.25) is 5.02 Å². The highest BCUT2D eigenvalue weighted by Crippen LogP contribution is 2.37. The van der Waals surface area contributed by atoms with Gasteiger partial charge in [0.25, 0.3) is 0 Å². The molecule has 5 heteroatoms. The van der Waals surface area contributed by atoms with Gasteiger partial charge in [0.15, 0.2) is 0 Å². The Bertz CT molecular complexity index is 654. The first kappa shape index (κ1) is 14.4.